The van der Waals surface area contributed by atoms with Crippen molar-refractivity contribution in [3.8, 4) is 0 Å². The fourth-order valence-corrected chi connectivity index (χ4v) is 1.27. The topological polar surface area (TPSA) is 89.4 Å². The summed E-state index contributed by atoms with van der Waals surface area (Å²) in [6.07, 6.45) is 0. The van der Waals surface area contributed by atoms with E-state index in [4.69, 9.17) is 15.3 Å². The van der Waals surface area contributed by atoms with Crippen molar-refractivity contribution in [3.63, 3.8) is 0 Å². The number of aromatic carboxylic acids is 1. The number of hydrogen-bond donors (Lipinski definition) is 2. The normalized spacial score (nSPS) is 10.6. The Kier molecular flexibility index (Phi) is 1.67. The van der Waals surface area contributed by atoms with E-state index in [1.165, 1.54) is 6.07 Å². The zero-order chi connectivity index (χ0) is 10.3. The molecule has 0 aliphatic heterocycles. The monoisotopic (exact) mass is 192 g/mol. The number of anilines is 1. The predicted octanol–water partition coefficient (Wildman–Crippen LogP) is 1.42. The standard InChI is InChI=1S/C9H8N2O3/c1-4-2-6(10)5-3-7(9(12)13)14-8(5)11-4/h2-3H,1H3,(H2,10,11)(H,12,13). The van der Waals surface area contributed by atoms with Crippen molar-refractivity contribution < 1.29 is 14.3 Å². The SMILES string of the molecule is Cc1cc(N)c2cc(C(=O)O)oc2n1. The molecule has 3 N–H and O–H groups in total. The number of pyridine rings is 1. The fourth-order valence-electron chi connectivity index (χ4n) is 1.27. The van der Waals surface area contributed by atoms with Gasteiger partial charge >= 0.3 is 5.97 Å². The number of nitrogens with zero attached hydrogens (tertiary/aromatic N) is 1. The molecule has 2 heterocycles. The number of carboxylic acid groups (broad SMARTS) is 1. The first-order valence-electron chi connectivity index (χ1n) is 3.98. The molecule has 14 heavy (non-hydrogen) atoms. The molecule has 0 aromatic carbocycles. The van der Waals surface area contributed by atoms with Crippen LogP contribution >= 0.6 is 0 Å². The fraction of sp³-hybridized carbons (Fsp3) is 0.111. The van der Waals surface area contributed by atoms with E-state index >= 15 is 0 Å². The second-order valence-corrected chi connectivity index (χ2v) is 2.99. The molecule has 2 aromatic heterocycles. The van der Waals surface area contributed by atoms with Crippen LogP contribution in [0.3, 0.4) is 0 Å². The van der Waals surface area contributed by atoms with E-state index in [0.717, 1.165) is 0 Å². The van der Waals surface area contributed by atoms with Gasteiger partial charge in [-0.3, -0.25) is 0 Å². The van der Waals surface area contributed by atoms with Gasteiger partial charge in [-0.15, -0.1) is 0 Å². The molecule has 0 unspecified atom stereocenters. The van der Waals surface area contributed by atoms with Crippen molar-refractivity contribution >= 4 is 22.8 Å². The van der Waals surface area contributed by atoms with Crippen molar-refractivity contribution in [2.75, 3.05) is 5.73 Å². The zero-order valence-electron chi connectivity index (χ0n) is 7.44. The van der Waals surface area contributed by atoms with Gasteiger partial charge < -0.3 is 15.3 Å². The second-order valence-electron chi connectivity index (χ2n) is 2.99. The Labute approximate surface area is 79.2 Å². The largest absolute Gasteiger partial charge is 0.475 e. The first-order chi connectivity index (χ1) is 6.58. The van der Waals surface area contributed by atoms with Gasteiger partial charge in [0.1, 0.15) is 0 Å². The summed E-state index contributed by atoms with van der Waals surface area (Å²) >= 11 is 0. The minimum atomic E-state index is -1.12. The van der Waals surface area contributed by atoms with E-state index in [1.54, 1.807) is 13.0 Å². The Hall–Kier alpha value is -2.04. The highest BCUT2D eigenvalue weighted by Gasteiger charge is 2.13. The number of furan rings is 1. The van der Waals surface area contributed by atoms with Crippen molar-refractivity contribution in [1.82, 2.24) is 4.98 Å². The number of hydrogen-bond acceptors (Lipinski definition) is 4. The van der Waals surface area contributed by atoms with Gasteiger partial charge in [0.2, 0.25) is 11.5 Å². The first kappa shape index (κ1) is 8.55. The Morgan fingerprint density at radius 3 is 2.93 bits per heavy atom. The molecule has 0 fully saturated rings. The molecule has 0 bridgehead atoms. The smallest absolute Gasteiger partial charge is 0.371 e. The summed E-state index contributed by atoms with van der Waals surface area (Å²) in [5.74, 6) is -1.27. The maximum absolute atomic E-state index is 10.6. The summed E-state index contributed by atoms with van der Waals surface area (Å²) in [4.78, 5) is 14.6. The lowest BCUT2D eigenvalue weighted by molar-refractivity contribution is 0.0664. The third-order valence-electron chi connectivity index (χ3n) is 1.88. The number of rotatable bonds is 1. The van der Waals surface area contributed by atoms with Crippen LogP contribution in [-0.4, -0.2) is 16.1 Å². The molecule has 0 atom stereocenters. The number of carboxylic acids is 1. The summed E-state index contributed by atoms with van der Waals surface area (Å²) in [7, 11) is 0. The minimum Gasteiger partial charge on any atom is -0.475 e. The van der Waals surface area contributed by atoms with Crippen molar-refractivity contribution in [3.05, 3.63) is 23.6 Å². The van der Waals surface area contributed by atoms with Crippen molar-refractivity contribution in [1.29, 1.82) is 0 Å². The molecule has 0 aliphatic rings. The molecule has 2 aromatic rings. The van der Waals surface area contributed by atoms with E-state index in [2.05, 4.69) is 4.98 Å². The third kappa shape index (κ3) is 1.19. The van der Waals surface area contributed by atoms with Crippen molar-refractivity contribution in [2.24, 2.45) is 0 Å². The molecule has 0 saturated carbocycles. The van der Waals surface area contributed by atoms with Crippen molar-refractivity contribution in [2.45, 2.75) is 6.92 Å². The summed E-state index contributed by atoms with van der Waals surface area (Å²) < 4.78 is 5.00. The number of aryl methyl sites for hydroxylation is 1. The molecule has 0 amide bonds. The molecule has 72 valence electrons. The Morgan fingerprint density at radius 2 is 2.29 bits per heavy atom. The maximum Gasteiger partial charge on any atom is 0.371 e. The number of carbonyl (C=O) groups is 1. The van der Waals surface area contributed by atoms with Gasteiger partial charge in [-0.05, 0) is 13.0 Å². The van der Waals surface area contributed by atoms with Gasteiger partial charge in [0.05, 0.1) is 5.39 Å². The van der Waals surface area contributed by atoms with Crippen LogP contribution in [0.4, 0.5) is 5.69 Å². The first-order valence-corrected chi connectivity index (χ1v) is 3.98. The zero-order valence-corrected chi connectivity index (χ0v) is 7.44. The van der Waals surface area contributed by atoms with Crippen LogP contribution in [0, 0.1) is 6.92 Å². The lowest BCUT2D eigenvalue weighted by atomic mass is 10.2. The van der Waals surface area contributed by atoms with Gasteiger partial charge in [-0.1, -0.05) is 0 Å². The predicted molar refractivity (Wildman–Crippen MR) is 50.1 cm³/mol. The van der Waals surface area contributed by atoms with Crippen LogP contribution in [-0.2, 0) is 0 Å². The molecule has 0 aliphatic carbocycles. The minimum absolute atomic E-state index is 0.148. The van der Waals surface area contributed by atoms with E-state index in [9.17, 15) is 4.79 Å². The van der Waals surface area contributed by atoms with E-state index in [-0.39, 0.29) is 11.5 Å². The average Bonchev–Trinajstić information content (AvgIpc) is 2.47. The molecule has 0 spiro atoms. The summed E-state index contributed by atoms with van der Waals surface area (Å²) in [6, 6.07) is 3.04. The number of aromatic nitrogens is 1. The Balaban J connectivity index is 2.76. The molecule has 2 rings (SSSR count). The van der Waals surface area contributed by atoms with E-state index in [0.29, 0.717) is 16.8 Å². The summed E-state index contributed by atoms with van der Waals surface area (Å²) in [5, 5.41) is 9.22. The molecule has 5 nitrogen and oxygen atoms in total. The molecular weight excluding hydrogens is 184 g/mol. The summed E-state index contributed by atoms with van der Waals surface area (Å²) in [5.41, 5.74) is 7.11. The maximum atomic E-state index is 10.6. The Bertz CT molecular complexity index is 516. The molecule has 0 saturated heterocycles. The lowest BCUT2D eigenvalue weighted by Gasteiger charge is -1.95. The van der Waals surface area contributed by atoms with Gasteiger partial charge in [-0.25, -0.2) is 9.78 Å². The number of nitrogens with two attached hydrogens (primary N) is 1. The average molecular weight is 192 g/mol. The van der Waals surface area contributed by atoms with Gasteiger partial charge in [0, 0.05) is 17.4 Å². The second kappa shape index (κ2) is 2.73. The van der Waals surface area contributed by atoms with Crippen LogP contribution < -0.4 is 5.73 Å². The highest BCUT2D eigenvalue weighted by atomic mass is 16.4. The molecular formula is C9H8N2O3. The van der Waals surface area contributed by atoms with Crippen LogP contribution in [0.2, 0.25) is 0 Å². The quantitative estimate of drug-likeness (QED) is 0.713. The van der Waals surface area contributed by atoms with Gasteiger partial charge in [-0.2, -0.15) is 0 Å². The highest BCUT2D eigenvalue weighted by molar-refractivity contribution is 5.95. The summed E-state index contributed by atoms with van der Waals surface area (Å²) in [6.45, 7) is 1.76. The van der Waals surface area contributed by atoms with Crippen LogP contribution in [0.5, 0.6) is 0 Å². The van der Waals surface area contributed by atoms with E-state index < -0.39 is 5.97 Å². The molecule has 5 heteroatoms. The molecule has 0 radical (unpaired) electrons. The van der Waals surface area contributed by atoms with Crippen LogP contribution in [0.15, 0.2) is 16.5 Å². The number of fused-ring (bicyclic) bond motifs is 1. The van der Waals surface area contributed by atoms with Crippen LogP contribution in [0.1, 0.15) is 16.2 Å². The van der Waals surface area contributed by atoms with E-state index in [1.807, 2.05) is 0 Å². The highest BCUT2D eigenvalue weighted by Crippen LogP contribution is 2.23. The Morgan fingerprint density at radius 1 is 1.57 bits per heavy atom. The van der Waals surface area contributed by atoms with Crippen LogP contribution in [0.25, 0.3) is 11.1 Å². The number of nitrogen functional groups attached to an aromatic ring is 1. The van der Waals surface area contributed by atoms with Gasteiger partial charge in [0.15, 0.2) is 0 Å². The lowest BCUT2D eigenvalue weighted by Crippen LogP contribution is -1.91. The third-order valence-corrected chi connectivity index (χ3v) is 1.88. The van der Waals surface area contributed by atoms with Gasteiger partial charge in [0.25, 0.3) is 0 Å².